The molecule has 8 nitrogen and oxygen atoms in total. The predicted molar refractivity (Wildman–Crippen MR) is 155 cm³/mol. The monoisotopic (exact) mass is 639 g/mol. The van der Waals surface area contributed by atoms with E-state index in [4.69, 9.17) is 11.6 Å². The second-order valence-electron chi connectivity index (χ2n) is 11.6. The van der Waals surface area contributed by atoms with Crippen LogP contribution in [0.5, 0.6) is 0 Å². The number of carbonyl (C=O) groups is 3. The number of carbonyl (C=O) groups excluding carboxylic acids is 3. The van der Waals surface area contributed by atoms with Gasteiger partial charge in [0.1, 0.15) is 17.5 Å². The minimum absolute atomic E-state index is 0.0516. The Kier molecular flexibility index (Phi) is 7.77. The summed E-state index contributed by atoms with van der Waals surface area (Å²) in [5.41, 5.74) is -1.08. The second kappa shape index (κ2) is 11.5. The Balaban J connectivity index is 1.45. The van der Waals surface area contributed by atoms with Crippen LogP contribution in [0.1, 0.15) is 55.2 Å². The third kappa shape index (κ3) is 5.50. The molecule has 232 valence electrons. The predicted octanol–water partition coefficient (Wildman–Crippen LogP) is 5.56. The molecule has 2 fully saturated rings. The van der Waals surface area contributed by atoms with Crippen LogP contribution < -0.4 is 15.1 Å². The number of nitrogens with zero attached hydrogens (tertiary/aromatic N) is 4. The van der Waals surface area contributed by atoms with Gasteiger partial charge < -0.3 is 5.32 Å². The van der Waals surface area contributed by atoms with Crippen LogP contribution in [0, 0.1) is 23.0 Å². The molecule has 2 atom stereocenters. The molecule has 2 heterocycles. The van der Waals surface area contributed by atoms with Crippen molar-refractivity contribution < 1.29 is 31.9 Å². The summed E-state index contributed by atoms with van der Waals surface area (Å²) >= 11 is 6.50. The normalized spacial score (nSPS) is 22.0. The maximum absolute atomic E-state index is 14.7. The number of aromatic nitrogens is 1. The molecule has 1 N–H and O–H groups in total. The molecule has 2 aromatic carbocycles. The van der Waals surface area contributed by atoms with E-state index in [9.17, 15) is 37.2 Å². The van der Waals surface area contributed by atoms with E-state index in [1.165, 1.54) is 23.2 Å². The molecule has 1 saturated heterocycles. The van der Waals surface area contributed by atoms with Gasteiger partial charge in [-0.3, -0.25) is 24.2 Å². The number of hydrogen-bond donors (Lipinski definition) is 1. The fraction of sp³-hybridized carbons (Fsp3) is 0.344. The minimum atomic E-state index is -2.95. The minimum Gasteiger partial charge on any atom is -0.351 e. The summed E-state index contributed by atoms with van der Waals surface area (Å²) in [7, 11) is 0. The Morgan fingerprint density at radius 3 is 2.53 bits per heavy atom. The number of benzene rings is 2. The number of halogens is 5. The third-order valence-electron chi connectivity index (χ3n) is 8.70. The zero-order chi connectivity index (χ0) is 32.1. The van der Waals surface area contributed by atoms with Crippen molar-refractivity contribution >= 4 is 40.8 Å². The van der Waals surface area contributed by atoms with Crippen molar-refractivity contribution in [2.24, 2.45) is 0 Å². The number of pyridine rings is 1. The molecule has 45 heavy (non-hydrogen) atoms. The topological polar surface area (TPSA) is 106 Å². The molecule has 1 aromatic heterocycles. The lowest BCUT2D eigenvalue weighted by Gasteiger charge is -2.44. The van der Waals surface area contributed by atoms with Crippen molar-refractivity contribution in [3.05, 3.63) is 88.1 Å². The highest BCUT2D eigenvalue weighted by atomic mass is 35.5. The van der Waals surface area contributed by atoms with Gasteiger partial charge in [0.25, 0.3) is 11.8 Å². The van der Waals surface area contributed by atoms with Gasteiger partial charge in [-0.05, 0) is 60.7 Å². The van der Waals surface area contributed by atoms with Crippen molar-refractivity contribution in [2.75, 3.05) is 9.80 Å². The molecule has 0 spiro atoms. The smallest absolute Gasteiger partial charge is 0.252 e. The summed E-state index contributed by atoms with van der Waals surface area (Å²) < 4.78 is 57.0. The van der Waals surface area contributed by atoms with Crippen molar-refractivity contribution in [1.82, 2.24) is 10.3 Å². The highest BCUT2D eigenvalue weighted by molar-refractivity contribution is 6.31. The van der Waals surface area contributed by atoms with Crippen LogP contribution in [0.4, 0.5) is 29.1 Å². The molecule has 0 bridgehead atoms. The van der Waals surface area contributed by atoms with Gasteiger partial charge in [-0.2, -0.15) is 5.26 Å². The van der Waals surface area contributed by atoms with E-state index in [1.807, 2.05) is 6.07 Å². The van der Waals surface area contributed by atoms with Crippen LogP contribution in [0.3, 0.4) is 0 Å². The summed E-state index contributed by atoms with van der Waals surface area (Å²) in [6, 6.07) is 10.5. The number of fused-ring (bicyclic) bond motifs is 1. The van der Waals surface area contributed by atoms with Gasteiger partial charge in [0.15, 0.2) is 5.54 Å². The number of alkyl halides is 2. The Morgan fingerprint density at radius 1 is 1.11 bits per heavy atom. The summed E-state index contributed by atoms with van der Waals surface area (Å²) in [6.07, 6.45) is 0.268. The summed E-state index contributed by atoms with van der Waals surface area (Å²) in [6.45, 7) is 0. The van der Waals surface area contributed by atoms with Crippen molar-refractivity contribution in [3.63, 3.8) is 0 Å². The molecule has 0 unspecified atom stereocenters. The SMILES string of the molecule is N#Cc1ccnc(N2C(=O)CC[C@H]2CC(=O)N(c2cc(F)cc(F)c2)[C@@]2(C(=O)NC3CC(F)(F)C3)CCc3c(Cl)cccc32)c1. The molecule has 13 heteroatoms. The first-order valence-corrected chi connectivity index (χ1v) is 14.7. The molecule has 6 rings (SSSR count). The zero-order valence-electron chi connectivity index (χ0n) is 23.7. The van der Waals surface area contributed by atoms with Gasteiger partial charge in [0, 0.05) is 55.1 Å². The van der Waals surface area contributed by atoms with E-state index in [0.29, 0.717) is 22.2 Å². The standard InChI is InChI=1S/C32H26ClF4N5O3/c33-26-3-1-2-25-24(26)6-8-32(25,30(45)40-21-15-31(36,37)16-21)42(23-12-19(34)11-20(35)13-23)29(44)14-22-4-5-28(43)41(22)27-10-18(17-38)7-9-39-27/h1-3,7,9-13,21-22H,4-6,8,14-16H2,(H,40,45)/t22-,32-/m0/s1. The molecular formula is C32H26ClF4N5O3. The van der Waals surface area contributed by atoms with Crippen LogP contribution in [0.15, 0.2) is 54.7 Å². The van der Waals surface area contributed by atoms with Crippen LogP contribution in [0.2, 0.25) is 5.02 Å². The van der Waals surface area contributed by atoms with Crippen LogP contribution >= 0.6 is 11.6 Å². The van der Waals surface area contributed by atoms with Crippen molar-refractivity contribution in [2.45, 2.75) is 68.5 Å². The maximum atomic E-state index is 14.7. The van der Waals surface area contributed by atoms with Gasteiger partial charge in [-0.15, -0.1) is 0 Å². The van der Waals surface area contributed by atoms with Crippen LogP contribution in [-0.2, 0) is 26.3 Å². The van der Waals surface area contributed by atoms with Gasteiger partial charge in [0.2, 0.25) is 11.8 Å². The van der Waals surface area contributed by atoms with Crippen molar-refractivity contribution in [3.8, 4) is 6.07 Å². The third-order valence-corrected chi connectivity index (χ3v) is 9.05. The number of nitriles is 1. The lowest BCUT2D eigenvalue weighted by Crippen LogP contribution is -2.62. The van der Waals surface area contributed by atoms with E-state index in [2.05, 4.69) is 10.3 Å². The molecule has 0 radical (unpaired) electrons. The van der Waals surface area contributed by atoms with Gasteiger partial charge in [0.05, 0.1) is 17.3 Å². The van der Waals surface area contributed by atoms with Crippen molar-refractivity contribution in [1.29, 1.82) is 5.26 Å². The average molecular weight is 640 g/mol. The van der Waals surface area contributed by atoms with Gasteiger partial charge >= 0.3 is 0 Å². The summed E-state index contributed by atoms with van der Waals surface area (Å²) in [5, 5.41) is 12.3. The quantitative estimate of drug-likeness (QED) is 0.341. The van der Waals surface area contributed by atoms with E-state index in [0.717, 1.165) is 17.0 Å². The Hall–Kier alpha value is -4.50. The Labute approximate surface area is 260 Å². The van der Waals surface area contributed by atoms with E-state index >= 15 is 0 Å². The first-order valence-electron chi connectivity index (χ1n) is 14.4. The zero-order valence-corrected chi connectivity index (χ0v) is 24.5. The summed E-state index contributed by atoms with van der Waals surface area (Å²) in [4.78, 5) is 48.4. The van der Waals surface area contributed by atoms with Crippen LogP contribution in [0.25, 0.3) is 0 Å². The largest absolute Gasteiger partial charge is 0.351 e. The molecule has 1 aliphatic heterocycles. The first kappa shape index (κ1) is 30.5. The lowest BCUT2D eigenvalue weighted by atomic mass is 9.83. The van der Waals surface area contributed by atoms with Crippen LogP contribution in [-0.4, -0.2) is 40.7 Å². The highest BCUT2D eigenvalue weighted by Crippen LogP contribution is 2.48. The lowest BCUT2D eigenvalue weighted by molar-refractivity contribution is -0.137. The molecular weight excluding hydrogens is 614 g/mol. The number of hydrogen-bond acceptors (Lipinski definition) is 5. The van der Waals surface area contributed by atoms with E-state index in [1.54, 1.807) is 18.2 Å². The number of rotatable bonds is 7. The highest BCUT2D eigenvalue weighted by Gasteiger charge is 2.56. The fourth-order valence-electron chi connectivity index (χ4n) is 6.69. The number of amides is 3. The molecule has 2 aliphatic carbocycles. The Bertz CT molecular complexity index is 1740. The first-order chi connectivity index (χ1) is 21.4. The Morgan fingerprint density at radius 2 is 1.84 bits per heavy atom. The van der Waals surface area contributed by atoms with Gasteiger partial charge in [-0.25, -0.2) is 22.5 Å². The maximum Gasteiger partial charge on any atom is 0.252 e. The summed E-state index contributed by atoms with van der Waals surface area (Å²) in [5.74, 6) is -6.66. The van der Waals surface area contributed by atoms with E-state index in [-0.39, 0.29) is 55.1 Å². The number of nitrogens with one attached hydrogen (secondary N) is 1. The fourth-order valence-corrected chi connectivity index (χ4v) is 6.96. The number of anilines is 2. The molecule has 1 saturated carbocycles. The molecule has 3 amide bonds. The average Bonchev–Trinajstić information content (AvgIpc) is 3.53. The molecule has 3 aromatic rings. The van der Waals surface area contributed by atoms with Gasteiger partial charge in [-0.1, -0.05) is 23.7 Å². The second-order valence-corrected chi connectivity index (χ2v) is 12.0. The molecule has 3 aliphatic rings. The van der Waals surface area contributed by atoms with E-state index < -0.39 is 59.8 Å².